The van der Waals surface area contributed by atoms with Gasteiger partial charge >= 0.3 is 5.97 Å². The summed E-state index contributed by atoms with van der Waals surface area (Å²) in [6.45, 7) is 10.7. The maximum Gasteiger partial charge on any atom is 0.326 e. The summed E-state index contributed by atoms with van der Waals surface area (Å²) in [7, 11) is 0. The second kappa shape index (κ2) is 6.16. The van der Waals surface area contributed by atoms with E-state index in [0.29, 0.717) is 5.95 Å². The van der Waals surface area contributed by atoms with Crippen LogP contribution in [0.15, 0.2) is 12.1 Å². The second-order valence-corrected chi connectivity index (χ2v) is 5.52. The van der Waals surface area contributed by atoms with Crippen LogP contribution in [0.25, 0.3) is 11.0 Å². The Kier molecular flexibility index (Phi) is 4.50. The van der Waals surface area contributed by atoms with Crippen LogP contribution in [-0.2, 0) is 16.1 Å². The number of fused-ring (bicyclic) bond motifs is 1. The molecule has 0 fully saturated rings. The molecule has 1 aromatic carbocycles. The van der Waals surface area contributed by atoms with Crippen LogP contribution in [0.5, 0.6) is 0 Å². The van der Waals surface area contributed by atoms with Gasteiger partial charge in [0.15, 0.2) is 0 Å². The summed E-state index contributed by atoms with van der Waals surface area (Å²) in [6, 6.07) is 4.12. The first-order valence-corrected chi connectivity index (χ1v) is 7.33. The molecule has 5 nitrogen and oxygen atoms in total. The summed E-state index contributed by atoms with van der Waals surface area (Å²) in [5.74, 6) is 0.458. The van der Waals surface area contributed by atoms with Gasteiger partial charge in [-0.3, -0.25) is 9.36 Å². The van der Waals surface area contributed by atoms with Crippen molar-refractivity contribution in [1.29, 1.82) is 0 Å². The van der Waals surface area contributed by atoms with Gasteiger partial charge in [0, 0.05) is 6.54 Å². The highest BCUT2D eigenvalue weighted by molar-refractivity contribution is 5.83. The summed E-state index contributed by atoms with van der Waals surface area (Å²) in [5, 5.41) is 3.21. The van der Waals surface area contributed by atoms with E-state index >= 15 is 0 Å². The number of esters is 1. The topological polar surface area (TPSA) is 56.2 Å². The molecule has 0 radical (unpaired) electrons. The van der Waals surface area contributed by atoms with Crippen LogP contribution in [0.3, 0.4) is 0 Å². The van der Waals surface area contributed by atoms with Crippen LogP contribution in [-0.4, -0.2) is 28.2 Å². The highest BCUT2D eigenvalue weighted by Crippen LogP contribution is 2.23. The van der Waals surface area contributed by atoms with Gasteiger partial charge in [-0.1, -0.05) is 0 Å². The number of imidazole rings is 1. The lowest BCUT2D eigenvalue weighted by molar-refractivity contribution is -0.147. The Morgan fingerprint density at radius 3 is 2.62 bits per heavy atom. The second-order valence-electron chi connectivity index (χ2n) is 5.52. The molecule has 1 aromatic heterocycles. The van der Waals surface area contributed by atoms with E-state index in [1.165, 1.54) is 11.1 Å². The minimum absolute atomic E-state index is 0.112. The van der Waals surface area contributed by atoms with Gasteiger partial charge in [0.25, 0.3) is 0 Å². The molecular weight excluding hydrogens is 266 g/mol. The third-order valence-corrected chi connectivity index (χ3v) is 3.35. The molecule has 0 aliphatic heterocycles. The molecule has 2 aromatic rings. The number of carbonyl (C=O) groups excluding carboxylic acids is 1. The lowest BCUT2D eigenvalue weighted by atomic mass is 10.1. The first kappa shape index (κ1) is 15.4. The predicted molar refractivity (Wildman–Crippen MR) is 84.6 cm³/mol. The number of carbonyl (C=O) groups is 1. The third-order valence-electron chi connectivity index (χ3n) is 3.35. The number of nitrogens with zero attached hydrogens (tertiary/aromatic N) is 2. The molecule has 0 aliphatic carbocycles. The first-order chi connectivity index (χ1) is 9.92. The van der Waals surface area contributed by atoms with Crippen LogP contribution >= 0.6 is 0 Å². The normalized spacial score (nSPS) is 11.1. The Morgan fingerprint density at radius 2 is 2.00 bits per heavy atom. The van der Waals surface area contributed by atoms with Crippen molar-refractivity contribution in [3.63, 3.8) is 0 Å². The smallest absolute Gasteiger partial charge is 0.326 e. The summed E-state index contributed by atoms with van der Waals surface area (Å²) < 4.78 is 7.13. The molecule has 0 amide bonds. The Balaban J connectivity index is 2.45. The number of hydrogen-bond acceptors (Lipinski definition) is 4. The van der Waals surface area contributed by atoms with Crippen molar-refractivity contribution in [1.82, 2.24) is 9.55 Å². The average Bonchev–Trinajstić information content (AvgIpc) is 2.68. The molecular formula is C16H23N3O2. The number of aryl methyl sites for hydroxylation is 2. The third kappa shape index (κ3) is 3.35. The van der Waals surface area contributed by atoms with E-state index in [1.807, 2.05) is 25.3 Å². The fourth-order valence-electron chi connectivity index (χ4n) is 2.26. The quantitative estimate of drug-likeness (QED) is 0.860. The number of benzene rings is 1. The van der Waals surface area contributed by atoms with Crippen LogP contribution in [0.4, 0.5) is 5.95 Å². The maximum atomic E-state index is 12.0. The van der Waals surface area contributed by atoms with Crippen LogP contribution in [0, 0.1) is 13.8 Å². The lowest BCUT2D eigenvalue weighted by Gasteiger charge is -2.12. The van der Waals surface area contributed by atoms with Crippen molar-refractivity contribution in [3.05, 3.63) is 23.3 Å². The number of nitrogens with one attached hydrogen (secondary N) is 1. The highest BCUT2D eigenvalue weighted by Gasteiger charge is 2.15. The van der Waals surface area contributed by atoms with Gasteiger partial charge in [-0.05, 0) is 57.9 Å². The lowest BCUT2D eigenvalue weighted by Crippen LogP contribution is -2.19. The van der Waals surface area contributed by atoms with E-state index in [2.05, 4.69) is 36.3 Å². The molecule has 0 bridgehead atoms. The SMILES string of the molecule is CCNc1nc2cc(C)c(C)cc2n1CC(=O)OC(C)C. The molecule has 1 N–H and O–H groups in total. The Morgan fingerprint density at radius 1 is 1.33 bits per heavy atom. The van der Waals surface area contributed by atoms with Crippen molar-refractivity contribution >= 4 is 23.0 Å². The molecule has 21 heavy (non-hydrogen) atoms. The van der Waals surface area contributed by atoms with Crippen molar-refractivity contribution in [2.45, 2.75) is 47.3 Å². The van der Waals surface area contributed by atoms with E-state index < -0.39 is 0 Å². The standard InChI is InChI=1S/C16H23N3O2/c1-6-17-16-18-13-7-11(4)12(5)8-14(13)19(16)9-15(20)21-10(2)3/h7-8,10H,6,9H2,1-5H3,(H,17,18). The van der Waals surface area contributed by atoms with Gasteiger partial charge < -0.3 is 10.1 Å². The van der Waals surface area contributed by atoms with Crippen molar-refractivity contribution < 1.29 is 9.53 Å². The molecule has 114 valence electrons. The van der Waals surface area contributed by atoms with Gasteiger partial charge in [0.05, 0.1) is 17.1 Å². The molecule has 0 spiro atoms. The van der Waals surface area contributed by atoms with Crippen molar-refractivity contribution in [2.75, 3.05) is 11.9 Å². The van der Waals surface area contributed by atoms with E-state index in [9.17, 15) is 4.79 Å². The van der Waals surface area contributed by atoms with Gasteiger partial charge in [-0.2, -0.15) is 0 Å². The monoisotopic (exact) mass is 289 g/mol. The number of ether oxygens (including phenoxy) is 1. The summed E-state index contributed by atoms with van der Waals surface area (Å²) in [6.07, 6.45) is -0.112. The molecule has 0 atom stereocenters. The van der Waals surface area contributed by atoms with Crippen molar-refractivity contribution in [3.8, 4) is 0 Å². The predicted octanol–water partition coefficient (Wildman–Crippen LogP) is 3.04. The van der Waals surface area contributed by atoms with Crippen LogP contribution in [0.2, 0.25) is 0 Å². The van der Waals surface area contributed by atoms with Crippen LogP contribution in [0.1, 0.15) is 31.9 Å². The summed E-state index contributed by atoms with van der Waals surface area (Å²) in [5.41, 5.74) is 4.23. The number of aromatic nitrogens is 2. The summed E-state index contributed by atoms with van der Waals surface area (Å²) in [4.78, 5) is 16.6. The molecule has 0 aliphatic rings. The first-order valence-electron chi connectivity index (χ1n) is 7.33. The van der Waals surface area contributed by atoms with Crippen molar-refractivity contribution in [2.24, 2.45) is 0 Å². The molecule has 0 unspecified atom stereocenters. The van der Waals surface area contributed by atoms with E-state index in [1.54, 1.807) is 0 Å². The Hall–Kier alpha value is -2.04. The van der Waals surface area contributed by atoms with E-state index in [-0.39, 0.29) is 18.6 Å². The van der Waals surface area contributed by atoms with Gasteiger partial charge in [0.2, 0.25) is 5.95 Å². The minimum Gasteiger partial charge on any atom is -0.462 e. The Bertz CT molecular complexity index is 659. The zero-order chi connectivity index (χ0) is 15.6. The minimum atomic E-state index is -0.248. The molecule has 5 heteroatoms. The fourth-order valence-corrected chi connectivity index (χ4v) is 2.26. The average molecular weight is 289 g/mol. The molecule has 1 heterocycles. The zero-order valence-corrected chi connectivity index (χ0v) is 13.4. The fraction of sp³-hybridized carbons (Fsp3) is 0.500. The highest BCUT2D eigenvalue weighted by atomic mass is 16.5. The van der Waals surface area contributed by atoms with Gasteiger partial charge in [0.1, 0.15) is 6.54 Å². The Labute approximate surface area is 125 Å². The van der Waals surface area contributed by atoms with Crippen LogP contribution < -0.4 is 5.32 Å². The number of hydrogen-bond donors (Lipinski definition) is 1. The summed E-state index contributed by atoms with van der Waals surface area (Å²) >= 11 is 0. The van der Waals surface area contributed by atoms with E-state index in [4.69, 9.17) is 4.74 Å². The molecule has 0 saturated heterocycles. The van der Waals surface area contributed by atoms with Gasteiger partial charge in [-0.15, -0.1) is 0 Å². The largest absolute Gasteiger partial charge is 0.462 e. The molecule has 0 saturated carbocycles. The van der Waals surface area contributed by atoms with E-state index in [0.717, 1.165) is 17.6 Å². The number of rotatable bonds is 5. The number of anilines is 1. The maximum absolute atomic E-state index is 12.0. The van der Waals surface area contributed by atoms with Gasteiger partial charge in [-0.25, -0.2) is 4.98 Å². The molecule has 2 rings (SSSR count). The zero-order valence-electron chi connectivity index (χ0n) is 13.4.